The van der Waals surface area contributed by atoms with Crippen molar-refractivity contribution in [2.45, 2.75) is 27.7 Å². The molecule has 8 aromatic rings. The number of thiophene rings is 1. The third-order valence-electron chi connectivity index (χ3n) is 7.95. The predicted molar refractivity (Wildman–Crippen MR) is 184 cm³/mol. The van der Waals surface area contributed by atoms with Gasteiger partial charge in [-0.25, -0.2) is 0 Å². The molecule has 0 saturated carbocycles. The summed E-state index contributed by atoms with van der Waals surface area (Å²) < 4.78 is 7.67. The van der Waals surface area contributed by atoms with Gasteiger partial charge < -0.3 is 14.4 Å². The predicted octanol–water partition coefficient (Wildman–Crippen LogP) is 11.1. The SMILES string of the molecule is Cc1cc2cc3c(cc2s1)oc1c(-c2cc(-c4c(C)cccc4C)c(C)cn2)[c-]ccc13.[Ir].[c-]1ccccc1-c1ccccn1. The van der Waals surface area contributed by atoms with Crippen molar-refractivity contribution in [2.75, 3.05) is 0 Å². The molecule has 0 bridgehead atoms. The topological polar surface area (TPSA) is 38.9 Å². The fraction of sp³-hybridized carbons (Fsp3) is 0.100. The third-order valence-corrected chi connectivity index (χ3v) is 8.97. The first-order valence-electron chi connectivity index (χ1n) is 14.6. The number of hydrogen-bond donors (Lipinski definition) is 0. The Balaban J connectivity index is 0.000000231. The summed E-state index contributed by atoms with van der Waals surface area (Å²) in [6.07, 6.45) is 3.75. The normalized spacial score (nSPS) is 10.9. The van der Waals surface area contributed by atoms with E-state index in [0.29, 0.717) is 0 Å². The van der Waals surface area contributed by atoms with Gasteiger partial charge in [0.05, 0.1) is 5.58 Å². The maximum absolute atomic E-state index is 6.41. The van der Waals surface area contributed by atoms with E-state index in [-0.39, 0.29) is 20.1 Å². The molecule has 3 nitrogen and oxygen atoms in total. The number of hydrogen-bond acceptors (Lipinski definition) is 4. The Morgan fingerprint density at radius 1 is 0.689 bits per heavy atom. The Labute approximate surface area is 281 Å². The largest absolute Gasteiger partial charge is 0.501 e. The molecule has 0 aliphatic rings. The summed E-state index contributed by atoms with van der Waals surface area (Å²) in [5.41, 5.74) is 11.8. The van der Waals surface area contributed by atoms with Crippen LogP contribution in [0, 0.1) is 39.8 Å². The van der Waals surface area contributed by atoms with Crippen LogP contribution in [0.5, 0.6) is 0 Å². The first-order chi connectivity index (χ1) is 21.5. The van der Waals surface area contributed by atoms with Crippen LogP contribution in [0.15, 0.2) is 114 Å². The van der Waals surface area contributed by atoms with E-state index in [4.69, 9.17) is 9.40 Å². The van der Waals surface area contributed by atoms with Crippen LogP contribution in [0.1, 0.15) is 21.6 Å². The van der Waals surface area contributed by atoms with Gasteiger partial charge in [-0.2, -0.15) is 0 Å². The summed E-state index contributed by atoms with van der Waals surface area (Å²) in [7, 11) is 0. The maximum atomic E-state index is 6.41. The van der Waals surface area contributed by atoms with Crippen LogP contribution in [0.2, 0.25) is 0 Å². The van der Waals surface area contributed by atoms with Crippen molar-refractivity contribution in [2.24, 2.45) is 0 Å². The van der Waals surface area contributed by atoms with E-state index < -0.39 is 0 Å². The van der Waals surface area contributed by atoms with E-state index >= 15 is 0 Å². The third kappa shape index (κ3) is 6.00. The minimum atomic E-state index is 0. The molecule has 4 aromatic carbocycles. The van der Waals surface area contributed by atoms with Gasteiger partial charge in [-0.1, -0.05) is 47.3 Å². The van der Waals surface area contributed by atoms with E-state index in [9.17, 15) is 0 Å². The second-order valence-electron chi connectivity index (χ2n) is 11.1. The number of pyridine rings is 2. The number of rotatable bonds is 3. The molecule has 0 unspecified atom stereocenters. The van der Waals surface area contributed by atoms with Gasteiger partial charge in [0.15, 0.2) is 0 Å². The van der Waals surface area contributed by atoms with Crippen LogP contribution in [-0.2, 0) is 20.1 Å². The van der Waals surface area contributed by atoms with Crippen LogP contribution in [0.25, 0.3) is 65.7 Å². The van der Waals surface area contributed by atoms with Gasteiger partial charge in [-0.05, 0) is 96.6 Å². The number of furan rings is 1. The Kier molecular flexibility index (Phi) is 8.78. The van der Waals surface area contributed by atoms with E-state index in [1.807, 2.05) is 54.7 Å². The monoisotopic (exact) mass is 779 g/mol. The van der Waals surface area contributed by atoms with Gasteiger partial charge in [0, 0.05) is 47.5 Å². The van der Waals surface area contributed by atoms with Crippen LogP contribution in [0.4, 0.5) is 0 Å². The Bertz CT molecular complexity index is 2210. The van der Waals surface area contributed by atoms with Gasteiger partial charge in [0.1, 0.15) is 5.58 Å². The second-order valence-corrected chi connectivity index (χ2v) is 12.4. The maximum Gasteiger partial charge on any atom is 0.122 e. The average Bonchev–Trinajstić information content (AvgIpc) is 3.60. The molecular formula is C40H30IrN2OS-2. The number of nitrogens with zero attached hydrogens (tertiary/aromatic N) is 2. The smallest absolute Gasteiger partial charge is 0.122 e. The van der Waals surface area contributed by atoms with Crippen LogP contribution in [0.3, 0.4) is 0 Å². The standard InChI is InChI=1S/C29H22NOS.C11H8N.Ir/c1-16-7-5-8-17(2)28(16)23-13-25(30-15-18(23)3)22-10-6-9-21-24-12-20-11-19(4)32-27(20)14-26(24)31-29(21)22;1-2-6-10(7-3-1)11-8-4-5-9-12-11;/h5-9,11-15H,1-4H3;1-6,8-9H;/q2*-1;. The van der Waals surface area contributed by atoms with E-state index in [1.54, 1.807) is 17.5 Å². The van der Waals surface area contributed by atoms with Crippen molar-refractivity contribution in [3.05, 3.63) is 143 Å². The molecule has 0 amide bonds. The molecule has 0 aliphatic carbocycles. The molecule has 0 spiro atoms. The summed E-state index contributed by atoms with van der Waals surface area (Å²) in [5.74, 6) is 0. The van der Waals surface area contributed by atoms with Gasteiger partial charge in [0.2, 0.25) is 0 Å². The molecule has 5 heteroatoms. The number of aromatic nitrogens is 2. The minimum absolute atomic E-state index is 0. The fourth-order valence-electron chi connectivity index (χ4n) is 5.84. The van der Waals surface area contributed by atoms with Crippen molar-refractivity contribution >= 4 is 43.4 Å². The number of benzene rings is 4. The van der Waals surface area contributed by atoms with E-state index in [1.165, 1.54) is 42.8 Å². The molecule has 1 radical (unpaired) electrons. The van der Waals surface area contributed by atoms with Crippen LogP contribution < -0.4 is 0 Å². The van der Waals surface area contributed by atoms with E-state index in [0.717, 1.165) is 44.5 Å². The first-order valence-corrected chi connectivity index (χ1v) is 15.5. The summed E-state index contributed by atoms with van der Waals surface area (Å²) in [6.45, 7) is 8.61. The van der Waals surface area contributed by atoms with Crippen molar-refractivity contribution in [1.82, 2.24) is 9.97 Å². The summed E-state index contributed by atoms with van der Waals surface area (Å²) in [5, 5.41) is 3.51. The van der Waals surface area contributed by atoms with Crippen molar-refractivity contribution in [1.29, 1.82) is 0 Å². The zero-order valence-electron chi connectivity index (χ0n) is 25.4. The van der Waals surface area contributed by atoms with Crippen molar-refractivity contribution < 1.29 is 24.5 Å². The molecule has 4 heterocycles. The number of fused-ring (bicyclic) bond motifs is 4. The molecule has 0 saturated heterocycles. The Morgan fingerprint density at radius 2 is 1.51 bits per heavy atom. The summed E-state index contributed by atoms with van der Waals surface area (Å²) >= 11 is 1.80. The molecule has 4 aromatic heterocycles. The molecule has 223 valence electrons. The van der Waals surface area contributed by atoms with Crippen molar-refractivity contribution in [3.63, 3.8) is 0 Å². The summed E-state index contributed by atoms with van der Waals surface area (Å²) in [6, 6.07) is 39.6. The Morgan fingerprint density at radius 3 is 2.27 bits per heavy atom. The molecule has 0 aliphatic heterocycles. The zero-order valence-corrected chi connectivity index (χ0v) is 28.6. The van der Waals surface area contributed by atoms with Gasteiger partial charge >= 0.3 is 0 Å². The summed E-state index contributed by atoms with van der Waals surface area (Å²) in [4.78, 5) is 10.3. The van der Waals surface area contributed by atoms with Crippen LogP contribution in [-0.4, -0.2) is 9.97 Å². The Hall–Kier alpha value is -4.41. The second kappa shape index (κ2) is 12.9. The zero-order chi connectivity index (χ0) is 30.2. The molecule has 0 atom stereocenters. The van der Waals surface area contributed by atoms with Gasteiger partial charge in [-0.3, -0.25) is 0 Å². The quantitative estimate of drug-likeness (QED) is 0.168. The average molecular weight is 779 g/mol. The van der Waals surface area contributed by atoms with Crippen LogP contribution >= 0.6 is 11.3 Å². The van der Waals surface area contributed by atoms with Crippen molar-refractivity contribution in [3.8, 4) is 33.6 Å². The van der Waals surface area contributed by atoms with Gasteiger partial charge in [0.25, 0.3) is 0 Å². The minimum Gasteiger partial charge on any atom is -0.501 e. The molecular weight excluding hydrogens is 749 g/mol. The molecule has 8 rings (SSSR count). The molecule has 45 heavy (non-hydrogen) atoms. The first kappa shape index (κ1) is 30.6. The van der Waals surface area contributed by atoms with E-state index in [2.05, 4.69) is 93.3 Å². The fourth-order valence-corrected chi connectivity index (χ4v) is 6.78. The molecule has 0 N–H and O–H groups in total. The molecule has 0 fully saturated rings. The number of aryl methyl sites for hydroxylation is 4. The van der Waals surface area contributed by atoms with Gasteiger partial charge in [-0.15, -0.1) is 65.4 Å².